The van der Waals surface area contributed by atoms with Gasteiger partial charge in [0.05, 0.1) is 28.0 Å². The van der Waals surface area contributed by atoms with E-state index in [0.717, 1.165) is 41.3 Å². The summed E-state index contributed by atoms with van der Waals surface area (Å²) in [6.07, 6.45) is 0.989. The van der Waals surface area contributed by atoms with Crippen LogP contribution >= 0.6 is 0 Å². The molecule has 0 aliphatic heterocycles. The Morgan fingerprint density at radius 1 is 1.00 bits per heavy atom. The maximum atomic E-state index is 12.6. The second kappa shape index (κ2) is 7.92. The maximum absolute atomic E-state index is 12.6. The van der Waals surface area contributed by atoms with Crippen molar-refractivity contribution in [3.63, 3.8) is 0 Å². The summed E-state index contributed by atoms with van der Waals surface area (Å²) < 4.78 is 7.38. The monoisotopic (exact) mass is 379 g/mol. The van der Waals surface area contributed by atoms with E-state index in [0.29, 0.717) is 16.6 Å². The van der Waals surface area contributed by atoms with E-state index in [-0.39, 0.29) is 12.4 Å². The van der Waals surface area contributed by atoms with Crippen molar-refractivity contribution in [1.82, 2.24) is 14.5 Å². The number of fused-ring (bicyclic) bond motifs is 1. The topological polar surface area (TPSA) is 74.1 Å². The minimum Gasteiger partial charge on any atom is -0.454 e. The number of rotatable bonds is 6. The number of hydrogen-bond donors (Lipinski definition) is 0. The number of nitrogens with zero attached hydrogens (tertiary/aromatic N) is 3. The molecule has 0 fully saturated rings. The summed E-state index contributed by atoms with van der Waals surface area (Å²) >= 11 is 0. The number of aryl methyl sites for hydroxylation is 3. The third kappa shape index (κ3) is 3.81. The summed E-state index contributed by atoms with van der Waals surface area (Å²) in [5.74, 6) is -0.742. The molecule has 0 saturated heterocycles. The first-order chi connectivity index (χ1) is 13.3. The van der Waals surface area contributed by atoms with Gasteiger partial charge in [-0.2, -0.15) is 0 Å². The molecule has 0 aliphatic rings. The summed E-state index contributed by atoms with van der Waals surface area (Å²) in [4.78, 5) is 33.9. The largest absolute Gasteiger partial charge is 0.454 e. The molecule has 0 atom stereocenters. The Labute approximate surface area is 164 Å². The molecule has 0 amide bonds. The molecular formula is C22H25N3O3. The van der Waals surface area contributed by atoms with Crippen molar-refractivity contribution in [3.8, 4) is 0 Å². The second-order valence-corrected chi connectivity index (χ2v) is 7.03. The molecule has 0 spiro atoms. The lowest BCUT2D eigenvalue weighted by Gasteiger charge is -2.08. The molecule has 2 heterocycles. The van der Waals surface area contributed by atoms with Crippen LogP contribution in [0.2, 0.25) is 0 Å². The van der Waals surface area contributed by atoms with Crippen LogP contribution in [0.5, 0.6) is 0 Å². The molecule has 0 saturated carbocycles. The summed E-state index contributed by atoms with van der Waals surface area (Å²) in [5, 5.41) is 0. The highest BCUT2D eigenvalue weighted by atomic mass is 16.5. The van der Waals surface area contributed by atoms with Gasteiger partial charge >= 0.3 is 5.97 Å². The molecule has 28 heavy (non-hydrogen) atoms. The molecule has 0 aliphatic carbocycles. The number of ether oxygens (including phenoxy) is 1. The van der Waals surface area contributed by atoms with Crippen LogP contribution in [-0.4, -0.2) is 32.9 Å². The van der Waals surface area contributed by atoms with Crippen LogP contribution in [0.25, 0.3) is 11.0 Å². The fourth-order valence-corrected chi connectivity index (χ4v) is 3.30. The average molecular weight is 379 g/mol. The van der Waals surface area contributed by atoms with Crippen LogP contribution < -0.4 is 0 Å². The zero-order valence-corrected chi connectivity index (χ0v) is 17.0. The SMILES string of the molecule is CCCn1c(C)cc(C(=O)COC(=O)c2ccc3nc(C)c(C)nc3c2)c1C. The van der Waals surface area contributed by atoms with E-state index in [1.807, 2.05) is 33.8 Å². The van der Waals surface area contributed by atoms with Crippen molar-refractivity contribution < 1.29 is 14.3 Å². The molecule has 0 unspecified atom stereocenters. The first-order valence-electron chi connectivity index (χ1n) is 9.43. The zero-order chi connectivity index (χ0) is 20.4. The standard InChI is InChI=1S/C22H25N3O3/c1-6-9-25-13(2)10-18(16(25)5)21(26)12-28-22(27)17-7-8-19-20(11-17)24-15(4)14(3)23-19/h7-8,10-11H,6,9,12H2,1-5H3. The number of aromatic nitrogens is 3. The van der Waals surface area contributed by atoms with Crippen LogP contribution in [0.1, 0.15) is 56.8 Å². The van der Waals surface area contributed by atoms with Crippen molar-refractivity contribution in [2.45, 2.75) is 47.6 Å². The Balaban J connectivity index is 1.73. The van der Waals surface area contributed by atoms with Gasteiger partial charge in [-0.15, -0.1) is 0 Å². The lowest BCUT2D eigenvalue weighted by atomic mass is 10.1. The van der Waals surface area contributed by atoms with Crippen molar-refractivity contribution in [2.75, 3.05) is 6.61 Å². The van der Waals surface area contributed by atoms with Gasteiger partial charge in [0, 0.05) is 23.5 Å². The summed E-state index contributed by atoms with van der Waals surface area (Å²) in [7, 11) is 0. The van der Waals surface area contributed by atoms with Crippen molar-refractivity contribution in [1.29, 1.82) is 0 Å². The number of Topliss-reactive ketones (excluding diaryl/α,β-unsaturated/α-hetero) is 1. The number of hydrogen-bond acceptors (Lipinski definition) is 5. The van der Waals surface area contributed by atoms with Gasteiger partial charge in [0.1, 0.15) is 0 Å². The molecule has 6 heteroatoms. The Hall–Kier alpha value is -3.02. The smallest absolute Gasteiger partial charge is 0.338 e. The second-order valence-electron chi connectivity index (χ2n) is 7.03. The molecular weight excluding hydrogens is 354 g/mol. The summed E-state index contributed by atoms with van der Waals surface area (Å²) in [5.41, 5.74) is 5.93. The molecule has 0 N–H and O–H groups in total. The fraction of sp³-hybridized carbons (Fsp3) is 0.364. The normalized spacial score (nSPS) is 11.0. The van der Waals surface area contributed by atoms with Gasteiger partial charge in [0.15, 0.2) is 6.61 Å². The van der Waals surface area contributed by atoms with Gasteiger partial charge < -0.3 is 9.30 Å². The van der Waals surface area contributed by atoms with Crippen LogP contribution in [-0.2, 0) is 11.3 Å². The van der Waals surface area contributed by atoms with E-state index in [9.17, 15) is 9.59 Å². The van der Waals surface area contributed by atoms with Gasteiger partial charge in [-0.3, -0.25) is 4.79 Å². The Kier molecular flexibility index (Phi) is 5.58. The van der Waals surface area contributed by atoms with E-state index in [1.165, 1.54) is 0 Å². The molecule has 3 aromatic rings. The van der Waals surface area contributed by atoms with Crippen molar-refractivity contribution in [3.05, 3.63) is 58.2 Å². The predicted octanol–water partition coefficient (Wildman–Crippen LogP) is 4.11. The number of esters is 1. The lowest BCUT2D eigenvalue weighted by molar-refractivity contribution is 0.0474. The highest BCUT2D eigenvalue weighted by Gasteiger charge is 2.18. The Bertz CT molecular complexity index is 1070. The van der Waals surface area contributed by atoms with Gasteiger partial charge in [-0.25, -0.2) is 14.8 Å². The minimum atomic E-state index is -0.544. The quantitative estimate of drug-likeness (QED) is 0.476. The van der Waals surface area contributed by atoms with E-state index >= 15 is 0 Å². The molecule has 6 nitrogen and oxygen atoms in total. The van der Waals surface area contributed by atoms with Crippen molar-refractivity contribution >= 4 is 22.8 Å². The minimum absolute atomic E-state index is 0.198. The molecule has 0 radical (unpaired) electrons. The van der Waals surface area contributed by atoms with Crippen LogP contribution in [0.15, 0.2) is 24.3 Å². The fourth-order valence-electron chi connectivity index (χ4n) is 3.30. The average Bonchev–Trinajstić information content (AvgIpc) is 2.95. The number of benzene rings is 1. The third-order valence-electron chi connectivity index (χ3n) is 4.97. The van der Waals surface area contributed by atoms with Gasteiger partial charge in [0.2, 0.25) is 5.78 Å². The number of carbonyl (C=O) groups excluding carboxylic acids is 2. The zero-order valence-electron chi connectivity index (χ0n) is 17.0. The third-order valence-corrected chi connectivity index (χ3v) is 4.97. The van der Waals surface area contributed by atoms with Gasteiger partial charge in [0.25, 0.3) is 0 Å². The Morgan fingerprint density at radius 2 is 1.68 bits per heavy atom. The molecule has 2 aromatic heterocycles. The van der Waals surface area contributed by atoms with E-state index < -0.39 is 5.97 Å². The molecule has 1 aromatic carbocycles. The first-order valence-corrected chi connectivity index (χ1v) is 9.43. The van der Waals surface area contributed by atoms with Gasteiger partial charge in [-0.05, 0) is 58.4 Å². The molecule has 3 rings (SSSR count). The van der Waals surface area contributed by atoms with Crippen LogP contribution in [0, 0.1) is 27.7 Å². The molecule has 146 valence electrons. The number of carbonyl (C=O) groups is 2. The summed E-state index contributed by atoms with van der Waals surface area (Å²) in [6.45, 7) is 10.3. The van der Waals surface area contributed by atoms with Gasteiger partial charge in [-0.1, -0.05) is 6.92 Å². The maximum Gasteiger partial charge on any atom is 0.338 e. The van der Waals surface area contributed by atoms with E-state index in [4.69, 9.17) is 4.74 Å². The lowest BCUT2D eigenvalue weighted by Crippen LogP contribution is -2.15. The highest BCUT2D eigenvalue weighted by Crippen LogP contribution is 2.18. The summed E-state index contributed by atoms with van der Waals surface area (Å²) in [6, 6.07) is 6.89. The van der Waals surface area contributed by atoms with E-state index in [1.54, 1.807) is 18.2 Å². The predicted molar refractivity (Wildman–Crippen MR) is 108 cm³/mol. The van der Waals surface area contributed by atoms with Crippen LogP contribution in [0.4, 0.5) is 0 Å². The first kappa shape index (κ1) is 19.7. The highest BCUT2D eigenvalue weighted by molar-refractivity contribution is 6.01. The van der Waals surface area contributed by atoms with Crippen LogP contribution in [0.3, 0.4) is 0 Å². The van der Waals surface area contributed by atoms with Crippen molar-refractivity contribution in [2.24, 2.45) is 0 Å². The molecule has 0 bridgehead atoms. The van der Waals surface area contributed by atoms with E-state index in [2.05, 4.69) is 21.5 Å². The number of ketones is 1. The Morgan fingerprint density at radius 3 is 2.36 bits per heavy atom.